The van der Waals surface area contributed by atoms with Crippen LogP contribution in [0, 0.1) is 17.0 Å². The lowest BCUT2D eigenvalue weighted by Crippen LogP contribution is -2.15. The fourth-order valence-corrected chi connectivity index (χ4v) is 2.61. The summed E-state index contributed by atoms with van der Waals surface area (Å²) in [5.41, 5.74) is 1.23. The smallest absolute Gasteiger partial charge is 0.294 e. The summed E-state index contributed by atoms with van der Waals surface area (Å²) in [6.45, 7) is 1.88. The third-order valence-corrected chi connectivity index (χ3v) is 4.22. The van der Waals surface area contributed by atoms with Crippen molar-refractivity contribution < 1.29 is 13.3 Å². The number of sulfone groups is 1. The van der Waals surface area contributed by atoms with Crippen LogP contribution in [0.2, 0.25) is 0 Å². The van der Waals surface area contributed by atoms with Crippen LogP contribution in [0.1, 0.15) is 11.1 Å². The number of aliphatic imine (C=N–C) groups is 1. The molecule has 0 saturated carbocycles. The van der Waals surface area contributed by atoms with Crippen molar-refractivity contribution in [3.63, 3.8) is 0 Å². The van der Waals surface area contributed by atoms with E-state index in [0.717, 1.165) is 23.5 Å². The second-order valence-corrected chi connectivity index (χ2v) is 6.27. The lowest BCUT2D eigenvalue weighted by atomic mass is 10.1. The van der Waals surface area contributed by atoms with Crippen molar-refractivity contribution in [2.75, 3.05) is 0 Å². The standard InChI is InChI=1S/C14H13N3O4S/c1-11-4-6-12(7-5-11)13(17(18)19)9-15-10-16-14-3-2-8-22(14,20)21/h2-10H,1H3,(H,15,16). The number of rotatable bonds is 5. The highest BCUT2D eigenvalue weighted by atomic mass is 32.2. The Morgan fingerprint density at radius 3 is 2.55 bits per heavy atom. The first-order chi connectivity index (χ1) is 10.4. The predicted molar refractivity (Wildman–Crippen MR) is 83.9 cm³/mol. The van der Waals surface area contributed by atoms with Crippen molar-refractivity contribution in [3.05, 3.63) is 74.3 Å². The minimum atomic E-state index is -3.44. The normalized spacial score (nSPS) is 16.8. The molecule has 0 aliphatic carbocycles. The van der Waals surface area contributed by atoms with Gasteiger partial charge in [0.15, 0.2) is 0 Å². The summed E-state index contributed by atoms with van der Waals surface area (Å²) in [6.07, 6.45) is 4.91. The third kappa shape index (κ3) is 3.67. The number of allylic oxidation sites excluding steroid dienone is 2. The molecule has 1 aliphatic heterocycles. The van der Waals surface area contributed by atoms with E-state index in [-0.39, 0.29) is 10.7 Å². The van der Waals surface area contributed by atoms with E-state index in [2.05, 4.69) is 10.3 Å². The van der Waals surface area contributed by atoms with E-state index in [9.17, 15) is 18.5 Å². The van der Waals surface area contributed by atoms with Crippen LogP contribution in [-0.4, -0.2) is 19.7 Å². The molecule has 1 heterocycles. The Labute approximate surface area is 127 Å². The Kier molecular flexibility index (Phi) is 4.52. The van der Waals surface area contributed by atoms with Crippen LogP contribution >= 0.6 is 0 Å². The van der Waals surface area contributed by atoms with Crippen LogP contribution in [-0.2, 0) is 9.84 Å². The van der Waals surface area contributed by atoms with Crippen LogP contribution < -0.4 is 5.32 Å². The van der Waals surface area contributed by atoms with Gasteiger partial charge in [-0.3, -0.25) is 10.1 Å². The fourth-order valence-electron chi connectivity index (χ4n) is 1.69. The molecule has 0 bridgehead atoms. The van der Waals surface area contributed by atoms with Gasteiger partial charge in [0.1, 0.15) is 11.2 Å². The summed E-state index contributed by atoms with van der Waals surface area (Å²) in [4.78, 5) is 14.3. The minimum Gasteiger partial charge on any atom is -0.337 e. The third-order valence-electron chi connectivity index (χ3n) is 2.83. The zero-order valence-corrected chi connectivity index (χ0v) is 12.4. The number of hydrogen-bond acceptors (Lipinski definition) is 5. The summed E-state index contributed by atoms with van der Waals surface area (Å²) < 4.78 is 22.9. The summed E-state index contributed by atoms with van der Waals surface area (Å²) >= 11 is 0. The van der Waals surface area contributed by atoms with Gasteiger partial charge >= 0.3 is 0 Å². The molecule has 1 aromatic rings. The molecule has 0 atom stereocenters. The van der Waals surface area contributed by atoms with Gasteiger partial charge in [0.05, 0.1) is 16.8 Å². The Morgan fingerprint density at radius 1 is 1.32 bits per heavy atom. The molecule has 0 unspecified atom stereocenters. The summed E-state index contributed by atoms with van der Waals surface area (Å²) in [5.74, 6) is 0. The average molecular weight is 319 g/mol. The highest BCUT2D eigenvalue weighted by Crippen LogP contribution is 2.16. The van der Waals surface area contributed by atoms with Gasteiger partial charge in [-0.2, -0.15) is 0 Å². The SMILES string of the molecule is Cc1ccc(C(=CN=CNC2=CC=CS2(=O)=O)[N+](=O)[O-])cc1. The molecule has 0 fully saturated rings. The molecule has 8 heteroatoms. The molecule has 22 heavy (non-hydrogen) atoms. The maximum Gasteiger partial charge on any atom is 0.294 e. The highest BCUT2D eigenvalue weighted by Gasteiger charge is 2.16. The van der Waals surface area contributed by atoms with Gasteiger partial charge in [-0.1, -0.05) is 17.7 Å². The Hall–Kier alpha value is -2.74. The lowest BCUT2D eigenvalue weighted by molar-refractivity contribution is -0.375. The topological polar surface area (TPSA) is 102 Å². The van der Waals surface area contributed by atoms with E-state index in [0.29, 0.717) is 5.56 Å². The molecule has 1 aliphatic rings. The van der Waals surface area contributed by atoms with E-state index < -0.39 is 14.8 Å². The van der Waals surface area contributed by atoms with Gasteiger partial charge in [0.25, 0.3) is 5.70 Å². The van der Waals surface area contributed by atoms with Crippen LogP contribution in [0.25, 0.3) is 5.70 Å². The first-order valence-corrected chi connectivity index (χ1v) is 7.78. The number of nitro groups is 1. The summed E-state index contributed by atoms with van der Waals surface area (Å²) in [6, 6.07) is 6.77. The number of nitrogens with one attached hydrogen (secondary N) is 1. The largest absolute Gasteiger partial charge is 0.337 e. The maximum atomic E-state index is 11.4. The first-order valence-electron chi connectivity index (χ1n) is 6.23. The van der Waals surface area contributed by atoms with E-state index >= 15 is 0 Å². The average Bonchev–Trinajstić information content (AvgIpc) is 2.79. The fraction of sp³-hybridized carbons (Fsp3) is 0.0714. The van der Waals surface area contributed by atoms with Gasteiger partial charge in [-0.05, 0) is 31.2 Å². The molecule has 7 nitrogen and oxygen atoms in total. The van der Waals surface area contributed by atoms with Crippen molar-refractivity contribution in [3.8, 4) is 0 Å². The van der Waals surface area contributed by atoms with E-state index in [1.54, 1.807) is 24.3 Å². The van der Waals surface area contributed by atoms with Crippen molar-refractivity contribution in [2.24, 2.45) is 4.99 Å². The molecule has 0 radical (unpaired) electrons. The number of nitrogens with zero attached hydrogens (tertiary/aromatic N) is 2. The molecule has 0 aromatic heterocycles. The number of benzene rings is 1. The summed E-state index contributed by atoms with van der Waals surface area (Å²) in [7, 11) is -3.44. The zero-order chi connectivity index (χ0) is 16.2. The van der Waals surface area contributed by atoms with Crippen molar-refractivity contribution in [1.29, 1.82) is 0 Å². The van der Waals surface area contributed by atoms with Gasteiger partial charge < -0.3 is 5.32 Å². The molecule has 2 rings (SSSR count). The van der Waals surface area contributed by atoms with Crippen LogP contribution in [0.15, 0.2) is 58.0 Å². The summed E-state index contributed by atoms with van der Waals surface area (Å²) in [5, 5.41) is 14.6. The number of aryl methyl sites for hydroxylation is 1. The monoisotopic (exact) mass is 319 g/mol. The first kappa shape index (κ1) is 15.6. The second-order valence-electron chi connectivity index (χ2n) is 4.46. The molecule has 114 valence electrons. The van der Waals surface area contributed by atoms with Gasteiger partial charge in [-0.25, -0.2) is 13.4 Å². The molecule has 0 saturated heterocycles. The Morgan fingerprint density at radius 2 is 2.00 bits per heavy atom. The van der Waals surface area contributed by atoms with Crippen molar-refractivity contribution in [1.82, 2.24) is 5.32 Å². The zero-order valence-electron chi connectivity index (χ0n) is 11.6. The molecule has 1 N–H and O–H groups in total. The maximum absolute atomic E-state index is 11.4. The molecule has 0 spiro atoms. The van der Waals surface area contributed by atoms with Gasteiger partial charge in [0, 0.05) is 5.41 Å². The molecular formula is C14H13N3O4S. The highest BCUT2D eigenvalue weighted by molar-refractivity contribution is 7.98. The Bertz CT molecular complexity index is 803. The second kappa shape index (κ2) is 6.35. The molecule has 0 amide bonds. The predicted octanol–water partition coefficient (Wildman–Crippen LogP) is 1.97. The van der Waals surface area contributed by atoms with E-state index in [4.69, 9.17) is 0 Å². The van der Waals surface area contributed by atoms with Crippen molar-refractivity contribution >= 4 is 21.9 Å². The minimum absolute atomic E-state index is 0.0253. The van der Waals surface area contributed by atoms with E-state index in [1.807, 2.05) is 6.92 Å². The van der Waals surface area contributed by atoms with Crippen LogP contribution in [0.5, 0.6) is 0 Å². The quantitative estimate of drug-likeness (QED) is 0.387. The number of hydrogen-bond donors (Lipinski definition) is 1. The molecule has 1 aromatic carbocycles. The molecular weight excluding hydrogens is 306 g/mol. The lowest BCUT2D eigenvalue weighted by Gasteiger charge is -2.00. The van der Waals surface area contributed by atoms with E-state index in [1.165, 1.54) is 12.2 Å². The van der Waals surface area contributed by atoms with Crippen LogP contribution in [0.3, 0.4) is 0 Å². The Balaban J connectivity index is 2.13. The van der Waals surface area contributed by atoms with Gasteiger partial charge in [-0.15, -0.1) is 0 Å². The van der Waals surface area contributed by atoms with Crippen LogP contribution in [0.4, 0.5) is 0 Å². The van der Waals surface area contributed by atoms with Crippen molar-refractivity contribution in [2.45, 2.75) is 6.92 Å². The van der Waals surface area contributed by atoms with Gasteiger partial charge in [0.2, 0.25) is 9.84 Å².